The van der Waals surface area contributed by atoms with E-state index in [0.717, 1.165) is 18.5 Å². The summed E-state index contributed by atoms with van der Waals surface area (Å²) in [5, 5.41) is 6.00. The smallest absolute Gasteiger partial charge is 0.240 e. The van der Waals surface area contributed by atoms with Crippen molar-refractivity contribution in [1.29, 1.82) is 0 Å². The normalized spacial score (nSPS) is 14.8. The molecule has 0 radical (unpaired) electrons. The van der Waals surface area contributed by atoms with Gasteiger partial charge in [-0.05, 0) is 44.2 Å². The lowest BCUT2D eigenvalue weighted by atomic mass is 10.3. The third-order valence-corrected chi connectivity index (χ3v) is 4.49. The van der Waals surface area contributed by atoms with Crippen molar-refractivity contribution < 1.29 is 13.2 Å². The molecule has 0 atom stereocenters. The molecule has 0 spiro atoms. The Balaban J connectivity index is 1.80. The fraction of sp³-hybridized carbons (Fsp3) is 0.462. The molecule has 7 heteroatoms. The van der Waals surface area contributed by atoms with E-state index in [1.165, 1.54) is 19.2 Å². The van der Waals surface area contributed by atoms with Gasteiger partial charge in [-0.2, -0.15) is 0 Å². The maximum atomic E-state index is 11.5. The molecule has 110 valence electrons. The molecule has 1 amide bonds. The number of amides is 1. The van der Waals surface area contributed by atoms with E-state index in [9.17, 15) is 13.2 Å². The monoisotopic (exact) mass is 297 g/mol. The Hall–Kier alpha value is -1.60. The fourth-order valence-electron chi connectivity index (χ4n) is 1.72. The molecule has 6 nitrogen and oxygen atoms in total. The van der Waals surface area contributed by atoms with Gasteiger partial charge < -0.3 is 10.6 Å². The molecule has 1 saturated carbocycles. The predicted molar refractivity (Wildman–Crippen MR) is 77.0 cm³/mol. The molecular formula is C13H19N3O3S. The minimum atomic E-state index is -3.40. The van der Waals surface area contributed by atoms with Crippen LogP contribution >= 0.6 is 0 Å². The van der Waals surface area contributed by atoms with E-state index >= 15 is 0 Å². The Labute approximate surface area is 119 Å². The van der Waals surface area contributed by atoms with Crippen LogP contribution in [0.5, 0.6) is 0 Å². The number of sulfonamides is 1. The highest BCUT2D eigenvalue weighted by Crippen LogP contribution is 2.18. The number of hydrogen-bond donors (Lipinski definition) is 3. The lowest BCUT2D eigenvalue weighted by Crippen LogP contribution is -2.27. The largest absolute Gasteiger partial charge is 0.385 e. The highest BCUT2D eigenvalue weighted by molar-refractivity contribution is 7.89. The number of carbonyl (C=O) groups excluding carboxylic acids is 1. The Morgan fingerprint density at radius 3 is 2.45 bits per heavy atom. The van der Waals surface area contributed by atoms with Crippen LogP contribution in [0.15, 0.2) is 29.2 Å². The van der Waals surface area contributed by atoms with Crippen LogP contribution in [0.1, 0.15) is 19.3 Å². The zero-order chi connectivity index (χ0) is 14.6. The highest BCUT2D eigenvalue weighted by Gasteiger charge is 2.22. The summed E-state index contributed by atoms with van der Waals surface area (Å²) in [6.45, 7) is 0.524. The van der Waals surface area contributed by atoms with E-state index in [1.54, 1.807) is 12.1 Å². The summed E-state index contributed by atoms with van der Waals surface area (Å²) in [6.07, 6.45) is 2.58. The maximum Gasteiger partial charge on any atom is 0.240 e. The molecule has 1 aliphatic rings. The number of benzene rings is 1. The molecule has 20 heavy (non-hydrogen) atoms. The van der Waals surface area contributed by atoms with Gasteiger partial charge in [0.1, 0.15) is 0 Å². The van der Waals surface area contributed by atoms with Gasteiger partial charge in [0.15, 0.2) is 0 Å². The minimum Gasteiger partial charge on any atom is -0.385 e. The molecule has 0 aromatic heterocycles. The van der Waals surface area contributed by atoms with Crippen LogP contribution in [0, 0.1) is 0 Å². The quantitative estimate of drug-likeness (QED) is 0.690. The molecule has 2 rings (SSSR count). The second-order valence-electron chi connectivity index (χ2n) is 4.75. The van der Waals surface area contributed by atoms with Crippen molar-refractivity contribution in [3.8, 4) is 0 Å². The molecule has 0 aliphatic heterocycles. The number of rotatable bonds is 7. The number of hydrogen-bond acceptors (Lipinski definition) is 4. The average molecular weight is 297 g/mol. The van der Waals surface area contributed by atoms with E-state index < -0.39 is 10.0 Å². The summed E-state index contributed by atoms with van der Waals surface area (Å²) in [5.41, 5.74) is 0.791. The fourth-order valence-corrected chi connectivity index (χ4v) is 2.45. The predicted octanol–water partition coefficient (Wildman–Crippen LogP) is 0.675. The molecule has 0 saturated heterocycles. The van der Waals surface area contributed by atoms with Crippen molar-refractivity contribution in [1.82, 2.24) is 10.0 Å². The first kappa shape index (κ1) is 14.8. The molecule has 1 fully saturated rings. The zero-order valence-corrected chi connectivity index (χ0v) is 12.2. The van der Waals surface area contributed by atoms with Gasteiger partial charge in [0.05, 0.1) is 4.90 Å². The van der Waals surface area contributed by atoms with Crippen molar-refractivity contribution in [2.45, 2.75) is 30.2 Å². The second kappa shape index (κ2) is 6.23. The maximum absolute atomic E-state index is 11.5. The van der Waals surface area contributed by atoms with Crippen molar-refractivity contribution >= 4 is 21.6 Å². The Bertz CT molecular complexity index is 565. The standard InChI is InChI=1S/C13H19N3O3S/c1-14-20(18,19)12-6-4-10(5-7-12)15-9-8-13(17)16-11-2-3-11/h4-7,11,14-15H,2-3,8-9H2,1H3,(H,16,17). The molecule has 0 bridgehead atoms. The molecule has 0 unspecified atom stereocenters. The third-order valence-electron chi connectivity index (χ3n) is 3.06. The summed E-state index contributed by atoms with van der Waals surface area (Å²) in [7, 11) is -2.02. The highest BCUT2D eigenvalue weighted by atomic mass is 32.2. The average Bonchev–Trinajstić information content (AvgIpc) is 3.23. The second-order valence-corrected chi connectivity index (χ2v) is 6.64. The Kier molecular flexibility index (Phi) is 4.61. The van der Waals surface area contributed by atoms with Gasteiger partial charge >= 0.3 is 0 Å². The van der Waals surface area contributed by atoms with Crippen molar-refractivity contribution in [2.75, 3.05) is 18.9 Å². The molecule has 1 aromatic carbocycles. The van der Waals surface area contributed by atoms with E-state index in [0.29, 0.717) is 19.0 Å². The summed E-state index contributed by atoms with van der Waals surface area (Å²) < 4.78 is 25.3. The van der Waals surface area contributed by atoms with Gasteiger partial charge in [-0.15, -0.1) is 0 Å². The van der Waals surface area contributed by atoms with Crippen LogP contribution in [0.2, 0.25) is 0 Å². The van der Waals surface area contributed by atoms with Crippen molar-refractivity contribution in [2.24, 2.45) is 0 Å². The Morgan fingerprint density at radius 1 is 1.25 bits per heavy atom. The van der Waals surface area contributed by atoms with E-state index in [4.69, 9.17) is 0 Å². The van der Waals surface area contributed by atoms with E-state index in [-0.39, 0.29) is 10.8 Å². The molecular weight excluding hydrogens is 278 g/mol. The van der Waals surface area contributed by atoms with E-state index in [2.05, 4.69) is 15.4 Å². The first-order valence-corrected chi connectivity index (χ1v) is 8.06. The molecule has 0 heterocycles. The number of nitrogens with one attached hydrogen (secondary N) is 3. The lowest BCUT2D eigenvalue weighted by Gasteiger charge is -2.08. The third kappa shape index (κ3) is 4.21. The minimum absolute atomic E-state index is 0.0504. The van der Waals surface area contributed by atoms with Crippen LogP contribution in [0.4, 0.5) is 5.69 Å². The van der Waals surface area contributed by atoms with Crippen LogP contribution < -0.4 is 15.4 Å². The molecule has 3 N–H and O–H groups in total. The van der Waals surface area contributed by atoms with Crippen molar-refractivity contribution in [3.63, 3.8) is 0 Å². The lowest BCUT2D eigenvalue weighted by molar-refractivity contribution is -0.120. The van der Waals surface area contributed by atoms with Gasteiger partial charge in [0.2, 0.25) is 15.9 Å². The first-order chi connectivity index (χ1) is 9.51. The molecule has 1 aliphatic carbocycles. The van der Waals surface area contributed by atoms with Crippen molar-refractivity contribution in [3.05, 3.63) is 24.3 Å². The summed E-state index contributed by atoms with van der Waals surface area (Å²) in [4.78, 5) is 11.7. The van der Waals surface area contributed by atoms with E-state index in [1.807, 2.05) is 0 Å². The summed E-state index contributed by atoms with van der Waals surface area (Å²) >= 11 is 0. The van der Waals surface area contributed by atoms with Crippen LogP contribution in [-0.2, 0) is 14.8 Å². The van der Waals surface area contributed by atoms with Crippen LogP contribution in [0.25, 0.3) is 0 Å². The van der Waals surface area contributed by atoms with Gasteiger partial charge in [-0.25, -0.2) is 13.1 Å². The van der Waals surface area contributed by atoms with Crippen LogP contribution in [-0.4, -0.2) is 34.0 Å². The van der Waals surface area contributed by atoms with Gasteiger partial charge in [0.25, 0.3) is 0 Å². The molecule has 1 aromatic rings. The summed E-state index contributed by atoms with van der Waals surface area (Å²) in [5.74, 6) is 0.0504. The number of carbonyl (C=O) groups is 1. The van der Waals surface area contributed by atoms with Gasteiger partial charge in [0, 0.05) is 24.7 Å². The zero-order valence-electron chi connectivity index (χ0n) is 11.3. The topological polar surface area (TPSA) is 87.3 Å². The summed E-state index contributed by atoms with van der Waals surface area (Å²) in [6, 6.07) is 6.80. The number of anilines is 1. The van der Waals surface area contributed by atoms with Gasteiger partial charge in [-0.1, -0.05) is 0 Å². The first-order valence-electron chi connectivity index (χ1n) is 6.58. The van der Waals surface area contributed by atoms with Crippen LogP contribution in [0.3, 0.4) is 0 Å². The van der Waals surface area contributed by atoms with Gasteiger partial charge in [-0.3, -0.25) is 4.79 Å². The Morgan fingerprint density at radius 2 is 1.90 bits per heavy atom. The SMILES string of the molecule is CNS(=O)(=O)c1ccc(NCCC(=O)NC2CC2)cc1.